The Morgan fingerprint density at radius 1 is 0.974 bits per heavy atom. The van der Waals surface area contributed by atoms with Gasteiger partial charge in [-0.05, 0) is 60.9 Å². The molecule has 3 aromatic rings. The standard InChI is InChI=1S/C31H32FN3O4/c1-38-26-17-14-21(18-27(26)39-2)28-29(30(36)33-23-8-4-3-5-9-23)35(19-20-12-15-22(32)16-13-20)31(37)24-10-6-7-11-25(24)34-28/h6-7,10-18,23,29H,3-5,8-9,19H2,1-2H3,(H,33,36). The van der Waals surface area contributed by atoms with E-state index in [0.717, 1.165) is 32.1 Å². The van der Waals surface area contributed by atoms with E-state index < -0.39 is 6.04 Å². The van der Waals surface area contributed by atoms with Crippen LogP contribution in [0.5, 0.6) is 11.5 Å². The number of rotatable bonds is 7. The van der Waals surface area contributed by atoms with E-state index in [1.807, 2.05) is 12.1 Å². The van der Waals surface area contributed by atoms with Crippen LogP contribution in [0.2, 0.25) is 0 Å². The molecule has 0 spiro atoms. The molecule has 0 radical (unpaired) electrons. The van der Waals surface area contributed by atoms with Crippen molar-refractivity contribution in [2.75, 3.05) is 14.2 Å². The summed E-state index contributed by atoms with van der Waals surface area (Å²) in [5, 5.41) is 3.21. The second-order valence-electron chi connectivity index (χ2n) is 9.89. The lowest BCUT2D eigenvalue weighted by atomic mass is 9.94. The summed E-state index contributed by atoms with van der Waals surface area (Å²) in [7, 11) is 3.10. The molecule has 1 aliphatic heterocycles. The van der Waals surface area contributed by atoms with Crippen molar-refractivity contribution in [3.63, 3.8) is 0 Å². The van der Waals surface area contributed by atoms with Crippen LogP contribution in [-0.2, 0) is 11.3 Å². The predicted molar refractivity (Wildman–Crippen MR) is 147 cm³/mol. The van der Waals surface area contributed by atoms with Crippen molar-refractivity contribution in [2.45, 2.75) is 50.7 Å². The van der Waals surface area contributed by atoms with Gasteiger partial charge >= 0.3 is 0 Å². The molecular formula is C31H32FN3O4. The summed E-state index contributed by atoms with van der Waals surface area (Å²) < 4.78 is 24.7. The lowest BCUT2D eigenvalue weighted by Gasteiger charge is -2.33. The van der Waals surface area contributed by atoms with Gasteiger partial charge in [0.15, 0.2) is 17.5 Å². The Hall–Kier alpha value is -4.20. The quantitative estimate of drug-likeness (QED) is 0.442. The molecule has 39 heavy (non-hydrogen) atoms. The van der Waals surface area contributed by atoms with E-state index >= 15 is 0 Å². The number of nitrogens with zero attached hydrogens (tertiary/aromatic N) is 2. The molecule has 3 aromatic carbocycles. The van der Waals surface area contributed by atoms with E-state index in [1.165, 1.54) is 17.0 Å². The zero-order valence-corrected chi connectivity index (χ0v) is 22.2. The van der Waals surface area contributed by atoms with E-state index in [1.54, 1.807) is 56.7 Å². The molecule has 1 unspecified atom stereocenters. The fourth-order valence-corrected chi connectivity index (χ4v) is 5.32. The van der Waals surface area contributed by atoms with Crippen LogP contribution in [0.15, 0.2) is 71.7 Å². The fraction of sp³-hybridized carbons (Fsp3) is 0.323. The number of nitrogens with one attached hydrogen (secondary N) is 1. The van der Waals surface area contributed by atoms with Gasteiger partial charge in [-0.15, -0.1) is 0 Å². The van der Waals surface area contributed by atoms with E-state index in [2.05, 4.69) is 5.32 Å². The van der Waals surface area contributed by atoms with Crippen molar-refractivity contribution >= 4 is 23.2 Å². The number of benzene rings is 3. The Morgan fingerprint density at radius 2 is 1.69 bits per heavy atom. The monoisotopic (exact) mass is 529 g/mol. The number of amides is 2. The van der Waals surface area contributed by atoms with Crippen LogP contribution < -0.4 is 14.8 Å². The molecule has 202 valence electrons. The summed E-state index contributed by atoms with van der Waals surface area (Å²) in [4.78, 5) is 34.7. The van der Waals surface area contributed by atoms with Gasteiger partial charge in [0, 0.05) is 18.2 Å². The molecule has 8 heteroatoms. The number of halogens is 1. The number of methoxy groups -OCH3 is 2. The maximum absolute atomic E-state index is 14.1. The molecule has 2 aliphatic rings. The fourth-order valence-electron chi connectivity index (χ4n) is 5.32. The zero-order chi connectivity index (χ0) is 27.4. The summed E-state index contributed by atoms with van der Waals surface area (Å²) in [6.45, 7) is 0.0997. The summed E-state index contributed by atoms with van der Waals surface area (Å²) in [6.07, 6.45) is 5.05. The van der Waals surface area contributed by atoms with Gasteiger partial charge in [-0.2, -0.15) is 0 Å². The Labute approximate surface area is 227 Å². The van der Waals surface area contributed by atoms with Crippen LogP contribution in [-0.4, -0.2) is 48.7 Å². The van der Waals surface area contributed by atoms with Crippen LogP contribution >= 0.6 is 0 Å². The first-order valence-corrected chi connectivity index (χ1v) is 13.2. The highest BCUT2D eigenvalue weighted by Crippen LogP contribution is 2.33. The second-order valence-corrected chi connectivity index (χ2v) is 9.89. The maximum atomic E-state index is 14.1. The zero-order valence-electron chi connectivity index (χ0n) is 22.2. The van der Waals surface area contributed by atoms with E-state index in [9.17, 15) is 14.0 Å². The lowest BCUT2D eigenvalue weighted by Crippen LogP contribution is -2.55. The summed E-state index contributed by atoms with van der Waals surface area (Å²) >= 11 is 0. The van der Waals surface area contributed by atoms with Crippen LogP contribution in [0.4, 0.5) is 10.1 Å². The smallest absolute Gasteiger partial charge is 0.257 e. The molecule has 0 bridgehead atoms. The molecule has 5 rings (SSSR count). The number of para-hydroxylation sites is 1. The van der Waals surface area contributed by atoms with Crippen molar-refractivity contribution in [1.29, 1.82) is 0 Å². The number of aliphatic imine (C=N–C) groups is 1. The van der Waals surface area contributed by atoms with E-state index in [4.69, 9.17) is 14.5 Å². The molecule has 2 amide bonds. The van der Waals surface area contributed by atoms with Crippen molar-refractivity contribution in [1.82, 2.24) is 10.2 Å². The van der Waals surface area contributed by atoms with Crippen molar-refractivity contribution in [2.24, 2.45) is 4.99 Å². The van der Waals surface area contributed by atoms with Crippen LogP contribution in [0.25, 0.3) is 0 Å². The van der Waals surface area contributed by atoms with Gasteiger partial charge in [0.2, 0.25) is 5.91 Å². The highest BCUT2D eigenvalue weighted by molar-refractivity contribution is 6.21. The molecule has 1 saturated carbocycles. The molecule has 7 nitrogen and oxygen atoms in total. The minimum absolute atomic E-state index is 0.0336. The lowest BCUT2D eigenvalue weighted by molar-refractivity contribution is -0.124. The number of carbonyl (C=O) groups is 2. The van der Waals surface area contributed by atoms with Crippen LogP contribution in [0.1, 0.15) is 53.6 Å². The first kappa shape index (κ1) is 26.4. The average molecular weight is 530 g/mol. The van der Waals surface area contributed by atoms with Crippen LogP contribution in [0.3, 0.4) is 0 Å². The number of carbonyl (C=O) groups excluding carboxylic acids is 2. The van der Waals surface area contributed by atoms with Gasteiger partial charge in [-0.25, -0.2) is 9.38 Å². The van der Waals surface area contributed by atoms with Gasteiger partial charge in [0.05, 0.1) is 31.2 Å². The largest absolute Gasteiger partial charge is 0.493 e. The molecule has 1 heterocycles. The van der Waals surface area contributed by atoms with Crippen LogP contribution in [0, 0.1) is 5.82 Å². The van der Waals surface area contributed by atoms with E-state index in [-0.39, 0.29) is 30.2 Å². The Balaban J connectivity index is 1.65. The Bertz CT molecular complexity index is 1380. The number of ether oxygens (including phenoxy) is 2. The summed E-state index contributed by atoms with van der Waals surface area (Å²) in [5.74, 6) is 0.0403. The third-order valence-corrected chi connectivity index (χ3v) is 7.35. The normalized spacial score (nSPS) is 17.6. The Morgan fingerprint density at radius 3 is 2.41 bits per heavy atom. The minimum atomic E-state index is -1.03. The number of hydrogen-bond acceptors (Lipinski definition) is 5. The van der Waals surface area contributed by atoms with Crippen molar-refractivity contribution in [3.05, 3.63) is 89.2 Å². The molecule has 1 N–H and O–H groups in total. The van der Waals surface area contributed by atoms with Gasteiger partial charge in [-0.3, -0.25) is 9.59 Å². The SMILES string of the molecule is COc1ccc(C2=Nc3ccccc3C(=O)N(Cc3ccc(F)cc3)C2C(=O)NC2CCCCC2)cc1OC. The maximum Gasteiger partial charge on any atom is 0.257 e. The molecule has 1 fully saturated rings. The second kappa shape index (κ2) is 11.7. The summed E-state index contributed by atoms with van der Waals surface area (Å²) in [6, 6.07) is 17.4. The topological polar surface area (TPSA) is 80.2 Å². The molecule has 1 aliphatic carbocycles. The van der Waals surface area contributed by atoms with Gasteiger partial charge in [-0.1, -0.05) is 43.5 Å². The first-order valence-electron chi connectivity index (χ1n) is 13.2. The predicted octanol–water partition coefficient (Wildman–Crippen LogP) is 5.44. The highest BCUT2D eigenvalue weighted by atomic mass is 19.1. The van der Waals surface area contributed by atoms with Gasteiger partial charge in [0.25, 0.3) is 5.91 Å². The summed E-state index contributed by atoms with van der Waals surface area (Å²) in [5.41, 5.74) is 2.62. The number of hydrogen-bond donors (Lipinski definition) is 1. The molecular weight excluding hydrogens is 497 g/mol. The minimum Gasteiger partial charge on any atom is -0.493 e. The average Bonchev–Trinajstić information content (AvgIpc) is 3.09. The number of fused-ring (bicyclic) bond motifs is 1. The first-order chi connectivity index (χ1) is 19.0. The third-order valence-electron chi connectivity index (χ3n) is 7.35. The highest BCUT2D eigenvalue weighted by Gasteiger charge is 2.39. The molecule has 1 atom stereocenters. The van der Waals surface area contributed by atoms with Gasteiger partial charge in [0.1, 0.15) is 5.82 Å². The van der Waals surface area contributed by atoms with E-state index in [0.29, 0.717) is 39.6 Å². The van der Waals surface area contributed by atoms with Crippen molar-refractivity contribution in [3.8, 4) is 11.5 Å². The molecule has 0 aromatic heterocycles. The Kier molecular flexibility index (Phi) is 7.91. The van der Waals surface area contributed by atoms with Crippen molar-refractivity contribution < 1.29 is 23.5 Å². The van der Waals surface area contributed by atoms with Gasteiger partial charge < -0.3 is 19.7 Å². The third kappa shape index (κ3) is 5.65. The molecule has 0 saturated heterocycles.